The second-order valence-electron chi connectivity index (χ2n) is 4.11. The van der Waals surface area contributed by atoms with Crippen LogP contribution in [0.1, 0.15) is 10.4 Å². The van der Waals surface area contributed by atoms with Crippen LogP contribution in [-0.2, 0) is 0 Å². The van der Waals surface area contributed by atoms with E-state index < -0.39 is 0 Å². The lowest BCUT2D eigenvalue weighted by atomic mass is 9.97. The molecule has 0 aliphatic rings. The predicted molar refractivity (Wildman–Crippen MR) is 72.6 cm³/mol. The average Bonchev–Trinajstić information content (AvgIpc) is 2.46. The Balaban J connectivity index is 2.35. The summed E-state index contributed by atoms with van der Waals surface area (Å²) in [6.07, 6.45) is 4.53. The third kappa shape index (κ3) is 1.68. The van der Waals surface area contributed by atoms with E-state index in [1.165, 1.54) is 0 Å². The van der Waals surface area contributed by atoms with Crippen molar-refractivity contribution in [2.75, 3.05) is 0 Å². The van der Waals surface area contributed by atoms with Crippen LogP contribution in [0, 0.1) is 0 Å². The molecule has 0 spiro atoms. The highest BCUT2D eigenvalue weighted by molar-refractivity contribution is 6.00. The van der Waals surface area contributed by atoms with Gasteiger partial charge in [0.05, 0.1) is 0 Å². The van der Waals surface area contributed by atoms with E-state index in [9.17, 15) is 4.79 Å². The molecule has 3 aromatic rings. The molecule has 1 aromatic heterocycles. The first-order chi connectivity index (χ1) is 8.90. The second-order valence-corrected chi connectivity index (χ2v) is 4.11. The molecule has 0 atom stereocenters. The van der Waals surface area contributed by atoms with Gasteiger partial charge in [0.1, 0.15) is 0 Å². The summed E-state index contributed by atoms with van der Waals surface area (Å²) in [7, 11) is 0. The summed E-state index contributed by atoms with van der Waals surface area (Å²) in [5.74, 6) is 0. The summed E-state index contributed by atoms with van der Waals surface area (Å²) < 4.78 is 0. The molecule has 0 aliphatic carbocycles. The van der Waals surface area contributed by atoms with E-state index in [2.05, 4.69) is 4.98 Å². The Morgan fingerprint density at radius 1 is 0.833 bits per heavy atom. The van der Waals surface area contributed by atoms with Crippen LogP contribution in [0.5, 0.6) is 0 Å². The zero-order valence-corrected chi connectivity index (χ0v) is 9.71. The molecule has 0 amide bonds. The van der Waals surface area contributed by atoms with Crippen molar-refractivity contribution in [2.45, 2.75) is 0 Å². The number of carbonyl (C=O) groups is 1. The van der Waals surface area contributed by atoms with Crippen molar-refractivity contribution >= 4 is 17.1 Å². The molecule has 2 nitrogen and oxygen atoms in total. The summed E-state index contributed by atoms with van der Waals surface area (Å²) in [5.41, 5.74) is 2.61. The van der Waals surface area contributed by atoms with Crippen LogP contribution in [0.4, 0.5) is 0 Å². The van der Waals surface area contributed by atoms with Crippen LogP contribution in [0.15, 0.2) is 60.9 Å². The van der Waals surface area contributed by atoms with Gasteiger partial charge in [-0.3, -0.25) is 9.78 Å². The van der Waals surface area contributed by atoms with Crippen molar-refractivity contribution in [1.82, 2.24) is 4.98 Å². The third-order valence-electron chi connectivity index (χ3n) is 3.05. The molecule has 0 radical (unpaired) electrons. The van der Waals surface area contributed by atoms with E-state index in [1.54, 1.807) is 0 Å². The normalized spacial score (nSPS) is 10.4. The number of hydrogen-bond acceptors (Lipinski definition) is 2. The fourth-order valence-corrected chi connectivity index (χ4v) is 2.18. The molecule has 0 N–H and O–H groups in total. The Hall–Kier alpha value is -2.48. The van der Waals surface area contributed by atoms with E-state index in [0.29, 0.717) is 5.56 Å². The first-order valence-electron chi connectivity index (χ1n) is 5.77. The van der Waals surface area contributed by atoms with Crippen molar-refractivity contribution in [3.8, 4) is 11.1 Å². The van der Waals surface area contributed by atoms with Gasteiger partial charge >= 0.3 is 0 Å². The Bertz CT molecular complexity index is 714. The van der Waals surface area contributed by atoms with Gasteiger partial charge in [0.2, 0.25) is 0 Å². The van der Waals surface area contributed by atoms with Gasteiger partial charge in [0, 0.05) is 28.9 Å². The number of aromatic nitrogens is 1. The average molecular weight is 233 g/mol. The lowest BCUT2D eigenvalue weighted by Crippen LogP contribution is -1.89. The van der Waals surface area contributed by atoms with Crippen LogP contribution in [0.3, 0.4) is 0 Å². The quantitative estimate of drug-likeness (QED) is 0.631. The first kappa shape index (κ1) is 10.7. The summed E-state index contributed by atoms with van der Waals surface area (Å²) in [4.78, 5) is 15.4. The SMILES string of the molecule is O=Cc1ccccc1-c1cncc2ccccc12. The topological polar surface area (TPSA) is 30.0 Å². The maximum absolute atomic E-state index is 11.1. The highest BCUT2D eigenvalue weighted by Crippen LogP contribution is 2.29. The maximum atomic E-state index is 11.1. The lowest BCUT2D eigenvalue weighted by Gasteiger charge is -2.08. The largest absolute Gasteiger partial charge is 0.298 e. The molecule has 0 saturated carbocycles. The summed E-state index contributed by atoms with van der Waals surface area (Å²) in [5, 5.41) is 2.19. The number of carbonyl (C=O) groups excluding carboxylic acids is 1. The van der Waals surface area contributed by atoms with Gasteiger partial charge in [-0.1, -0.05) is 48.5 Å². The Morgan fingerprint density at radius 2 is 1.61 bits per heavy atom. The Labute approximate surface area is 105 Å². The fourth-order valence-electron chi connectivity index (χ4n) is 2.18. The third-order valence-corrected chi connectivity index (χ3v) is 3.05. The molecule has 18 heavy (non-hydrogen) atoms. The monoisotopic (exact) mass is 233 g/mol. The van der Waals surface area contributed by atoms with Crippen molar-refractivity contribution < 1.29 is 4.79 Å². The van der Waals surface area contributed by atoms with Gasteiger partial charge in [0.25, 0.3) is 0 Å². The molecular formula is C16H11NO. The number of hydrogen-bond donors (Lipinski definition) is 0. The lowest BCUT2D eigenvalue weighted by molar-refractivity contribution is 0.112. The van der Waals surface area contributed by atoms with Crippen molar-refractivity contribution in [3.63, 3.8) is 0 Å². The first-order valence-corrected chi connectivity index (χ1v) is 5.77. The molecule has 0 aliphatic heterocycles. The number of benzene rings is 2. The van der Waals surface area contributed by atoms with E-state index in [1.807, 2.05) is 60.9 Å². The molecule has 86 valence electrons. The summed E-state index contributed by atoms with van der Waals surface area (Å²) >= 11 is 0. The van der Waals surface area contributed by atoms with Gasteiger partial charge in [-0.2, -0.15) is 0 Å². The summed E-state index contributed by atoms with van der Waals surface area (Å²) in [6, 6.07) is 15.6. The molecule has 1 heterocycles. The van der Waals surface area contributed by atoms with Crippen molar-refractivity contribution in [3.05, 3.63) is 66.5 Å². The van der Waals surface area contributed by atoms with Crippen LogP contribution >= 0.6 is 0 Å². The molecule has 3 rings (SSSR count). The zero-order chi connectivity index (χ0) is 12.4. The number of nitrogens with zero attached hydrogens (tertiary/aromatic N) is 1. The van der Waals surface area contributed by atoms with Gasteiger partial charge in [-0.15, -0.1) is 0 Å². The minimum absolute atomic E-state index is 0.690. The molecule has 2 heteroatoms. The molecule has 0 fully saturated rings. The van der Waals surface area contributed by atoms with E-state index in [0.717, 1.165) is 28.2 Å². The van der Waals surface area contributed by atoms with Crippen LogP contribution in [0.25, 0.3) is 21.9 Å². The molecule has 0 unspecified atom stereocenters. The minimum atomic E-state index is 0.690. The van der Waals surface area contributed by atoms with E-state index in [-0.39, 0.29) is 0 Å². The maximum Gasteiger partial charge on any atom is 0.150 e. The molecule has 2 aromatic carbocycles. The van der Waals surface area contributed by atoms with Gasteiger partial charge in [-0.25, -0.2) is 0 Å². The molecule has 0 bridgehead atoms. The number of rotatable bonds is 2. The zero-order valence-electron chi connectivity index (χ0n) is 9.71. The standard InChI is InChI=1S/C16H11NO/c18-11-13-6-2-4-8-15(13)16-10-17-9-12-5-1-3-7-14(12)16/h1-11H. The second kappa shape index (κ2) is 4.41. The van der Waals surface area contributed by atoms with Crippen molar-refractivity contribution in [1.29, 1.82) is 0 Å². The predicted octanol–water partition coefficient (Wildman–Crippen LogP) is 3.71. The smallest absolute Gasteiger partial charge is 0.150 e. The fraction of sp³-hybridized carbons (Fsp3) is 0. The van der Waals surface area contributed by atoms with Gasteiger partial charge < -0.3 is 0 Å². The Kier molecular flexibility index (Phi) is 2.61. The summed E-state index contributed by atoms with van der Waals surface area (Å²) in [6.45, 7) is 0. The van der Waals surface area contributed by atoms with Gasteiger partial charge in [-0.05, 0) is 10.9 Å². The van der Waals surface area contributed by atoms with Crippen molar-refractivity contribution in [2.24, 2.45) is 0 Å². The number of pyridine rings is 1. The highest BCUT2D eigenvalue weighted by atomic mass is 16.1. The number of aldehydes is 1. The van der Waals surface area contributed by atoms with Gasteiger partial charge in [0.15, 0.2) is 6.29 Å². The van der Waals surface area contributed by atoms with Crippen LogP contribution in [0.2, 0.25) is 0 Å². The highest BCUT2D eigenvalue weighted by Gasteiger charge is 2.07. The molecule has 0 saturated heterocycles. The Morgan fingerprint density at radius 3 is 2.50 bits per heavy atom. The number of fused-ring (bicyclic) bond motifs is 1. The van der Waals surface area contributed by atoms with E-state index >= 15 is 0 Å². The molecular weight excluding hydrogens is 222 g/mol. The minimum Gasteiger partial charge on any atom is -0.298 e. The van der Waals surface area contributed by atoms with E-state index in [4.69, 9.17) is 0 Å². The van der Waals surface area contributed by atoms with Crippen LogP contribution < -0.4 is 0 Å². The van der Waals surface area contributed by atoms with Crippen LogP contribution in [-0.4, -0.2) is 11.3 Å².